The van der Waals surface area contributed by atoms with Gasteiger partial charge in [-0.1, -0.05) is 20.8 Å². The highest BCUT2D eigenvalue weighted by Crippen LogP contribution is 2.30. The van der Waals surface area contributed by atoms with Gasteiger partial charge in [0.1, 0.15) is 0 Å². The third-order valence-electron chi connectivity index (χ3n) is 3.72. The molecule has 2 atom stereocenters. The van der Waals surface area contributed by atoms with E-state index in [2.05, 4.69) is 30.8 Å². The van der Waals surface area contributed by atoms with Gasteiger partial charge in [-0.05, 0) is 25.3 Å². The summed E-state index contributed by atoms with van der Waals surface area (Å²) in [5, 5.41) is 3.33. The molecule has 0 saturated heterocycles. The molecular weight excluding hydrogens is 274 g/mol. The molecule has 0 amide bonds. The van der Waals surface area contributed by atoms with E-state index >= 15 is 0 Å². The minimum absolute atomic E-state index is 0.113. The zero-order chi connectivity index (χ0) is 14.9. The predicted molar refractivity (Wildman–Crippen MR) is 80.0 cm³/mol. The van der Waals surface area contributed by atoms with Gasteiger partial charge in [-0.15, -0.1) is 0 Å². The van der Waals surface area contributed by atoms with Crippen molar-refractivity contribution in [1.29, 1.82) is 0 Å². The van der Waals surface area contributed by atoms with Crippen molar-refractivity contribution in [2.45, 2.75) is 64.2 Å². The molecule has 6 heteroatoms. The SMILES string of the molecule is CCn1cc(S(=O)(=O)NC2CC2C)cc1CNC(C)C. The smallest absolute Gasteiger partial charge is 0.242 e. The van der Waals surface area contributed by atoms with Gasteiger partial charge in [0.25, 0.3) is 0 Å². The quantitative estimate of drug-likeness (QED) is 0.805. The molecule has 5 nitrogen and oxygen atoms in total. The Morgan fingerprint density at radius 1 is 1.45 bits per heavy atom. The zero-order valence-electron chi connectivity index (χ0n) is 12.7. The number of nitrogens with zero attached hydrogens (tertiary/aromatic N) is 1. The summed E-state index contributed by atoms with van der Waals surface area (Å²) in [4.78, 5) is 0.374. The van der Waals surface area contributed by atoms with E-state index < -0.39 is 10.0 Å². The van der Waals surface area contributed by atoms with E-state index in [1.54, 1.807) is 12.3 Å². The van der Waals surface area contributed by atoms with Crippen molar-refractivity contribution in [3.8, 4) is 0 Å². The molecule has 0 aliphatic heterocycles. The molecule has 0 spiro atoms. The summed E-state index contributed by atoms with van der Waals surface area (Å²) < 4.78 is 29.4. The normalized spacial score (nSPS) is 22.4. The lowest BCUT2D eigenvalue weighted by molar-refractivity contribution is 0.561. The van der Waals surface area contributed by atoms with E-state index in [0.29, 0.717) is 23.4 Å². The van der Waals surface area contributed by atoms with Gasteiger partial charge in [0, 0.05) is 37.1 Å². The Bertz CT molecular complexity index is 563. The van der Waals surface area contributed by atoms with Crippen LogP contribution >= 0.6 is 0 Å². The lowest BCUT2D eigenvalue weighted by Gasteiger charge is -2.09. The van der Waals surface area contributed by atoms with Crippen molar-refractivity contribution in [2.75, 3.05) is 0 Å². The lowest BCUT2D eigenvalue weighted by Crippen LogP contribution is -2.26. The van der Waals surface area contributed by atoms with Crippen LogP contribution in [0.4, 0.5) is 0 Å². The number of aryl methyl sites for hydroxylation is 1. The number of rotatable bonds is 7. The van der Waals surface area contributed by atoms with E-state index in [-0.39, 0.29) is 6.04 Å². The summed E-state index contributed by atoms with van der Waals surface area (Å²) in [5.74, 6) is 0.458. The van der Waals surface area contributed by atoms with Gasteiger partial charge < -0.3 is 9.88 Å². The molecule has 1 saturated carbocycles. The second-order valence-electron chi connectivity index (χ2n) is 5.93. The van der Waals surface area contributed by atoms with Crippen LogP contribution in [0.3, 0.4) is 0 Å². The second-order valence-corrected chi connectivity index (χ2v) is 7.64. The van der Waals surface area contributed by atoms with Crippen molar-refractivity contribution in [2.24, 2.45) is 5.92 Å². The fourth-order valence-electron chi connectivity index (χ4n) is 2.18. The molecule has 114 valence electrons. The summed E-state index contributed by atoms with van der Waals surface area (Å²) in [5.41, 5.74) is 1.01. The minimum Gasteiger partial charge on any atom is -0.349 e. The van der Waals surface area contributed by atoms with E-state index in [4.69, 9.17) is 0 Å². The van der Waals surface area contributed by atoms with Gasteiger partial charge in [0.15, 0.2) is 0 Å². The van der Waals surface area contributed by atoms with Gasteiger partial charge in [0.2, 0.25) is 10.0 Å². The molecule has 2 unspecified atom stereocenters. The van der Waals surface area contributed by atoms with Crippen molar-refractivity contribution in [3.05, 3.63) is 18.0 Å². The number of sulfonamides is 1. The molecule has 1 aliphatic carbocycles. The first-order valence-electron chi connectivity index (χ1n) is 7.28. The Labute approximate surface area is 121 Å². The topological polar surface area (TPSA) is 63.1 Å². The fraction of sp³-hybridized carbons (Fsp3) is 0.714. The number of hydrogen-bond acceptors (Lipinski definition) is 3. The summed E-state index contributed by atoms with van der Waals surface area (Å²) in [6.45, 7) is 9.68. The van der Waals surface area contributed by atoms with Gasteiger partial charge in [-0.25, -0.2) is 13.1 Å². The average Bonchev–Trinajstić information content (AvgIpc) is 2.91. The Hall–Kier alpha value is -0.850. The van der Waals surface area contributed by atoms with Gasteiger partial charge >= 0.3 is 0 Å². The van der Waals surface area contributed by atoms with Crippen LogP contribution in [0.25, 0.3) is 0 Å². The highest BCUT2D eigenvalue weighted by Gasteiger charge is 2.36. The van der Waals surface area contributed by atoms with Crippen LogP contribution in [-0.2, 0) is 23.1 Å². The van der Waals surface area contributed by atoms with Crippen molar-refractivity contribution >= 4 is 10.0 Å². The highest BCUT2D eigenvalue weighted by molar-refractivity contribution is 7.89. The first-order chi connectivity index (χ1) is 9.33. The molecule has 1 fully saturated rings. The second kappa shape index (κ2) is 5.87. The molecule has 0 aromatic carbocycles. The Morgan fingerprint density at radius 2 is 2.10 bits per heavy atom. The molecule has 2 N–H and O–H groups in total. The molecule has 0 bridgehead atoms. The summed E-state index contributed by atoms with van der Waals surface area (Å²) in [6.07, 6.45) is 2.67. The molecule has 1 heterocycles. The monoisotopic (exact) mass is 299 g/mol. The first-order valence-corrected chi connectivity index (χ1v) is 8.76. The molecule has 1 aromatic rings. The maximum atomic E-state index is 12.3. The Kier molecular flexibility index (Phi) is 4.56. The third-order valence-corrected chi connectivity index (χ3v) is 5.18. The summed E-state index contributed by atoms with van der Waals surface area (Å²) in [7, 11) is -3.38. The van der Waals surface area contributed by atoms with E-state index in [9.17, 15) is 8.42 Å². The van der Waals surface area contributed by atoms with Crippen LogP contribution < -0.4 is 10.0 Å². The van der Waals surface area contributed by atoms with Crippen LogP contribution in [0.2, 0.25) is 0 Å². The van der Waals surface area contributed by atoms with Gasteiger partial charge in [-0.3, -0.25) is 0 Å². The van der Waals surface area contributed by atoms with Crippen molar-refractivity contribution < 1.29 is 8.42 Å². The van der Waals surface area contributed by atoms with Gasteiger partial charge in [-0.2, -0.15) is 0 Å². The highest BCUT2D eigenvalue weighted by atomic mass is 32.2. The van der Waals surface area contributed by atoms with Crippen LogP contribution in [0, 0.1) is 5.92 Å². The predicted octanol–water partition coefficient (Wildman–Crippen LogP) is 1.69. The first kappa shape index (κ1) is 15.5. The van der Waals surface area contributed by atoms with Crippen LogP contribution in [0.15, 0.2) is 17.2 Å². The largest absolute Gasteiger partial charge is 0.349 e. The third kappa shape index (κ3) is 3.62. The van der Waals surface area contributed by atoms with E-state index in [0.717, 1.165) is 18.7 Å². The van der Waals surface area contributed by atoms with E-state index in [1.165, 1.54) is 0 Å². The zero-order valence-corrected chi connectivity index (χ0v) is 13.5. The minimum atomic E-state index is -3.38. The van der Waals surface area contributed by atoms with Crippen molar-refractivity contribution in [3.63, 3.8) is 0 Å². The number of hydrogen-bond donors (Lipinski definition) is 2. The fourth-order valence-corrected chi connectivity index (χ4v) is 3.60. The maximum absolute atomic E-state index is 12.3. The average molecular weight is 299 g/mol. The number of aromatic nitrogens is 1. The summed E-state index contributed by atoms with van der Waals surface area (Å²) >= 11 is 0. The Balaban J connectivity index is 2.15. The summed E-state index contributed by atoms with van der Waals surface area (Å²) in [6, 6.07) is 2.26. The molecule has 1 aromatic heterocycles. The molecule has 2 rings (SSSR count). The van der Waals surface area contributed by atoms with E-state index in [1.807, 2.05) is 11.5 Å². The van der Waals surface area contributed by atoms with Crippen LogP contribution in [-0.4, -0.2) is 25.1 Å². The molecule has 1 aliphatic rings. The lowest BCUT2D eigenvalue weighted by atomic mass is 10.3. The standard InChI is InChI=1S/C14H25N3O2S/c1-5-17-9-13(7-12(17)8-15-10(2)3)20(18,19)16-14-6-11(14)4/h7,9-11,14-16H,5-6,8H2,1-4H3. The molecular formula is C14H25N3O2S. The molecule has 20 heavy (non-hydrogen) atoms. The Morgan fingerprint density at radius 3 is 2.60 bits per heavy atom. The van der Waals surface area contributed by atoms with Gasteiger partial charge in [0.05, 0.1) is 4.90 Å². The van der Waals surface area contributed by atoms with Crippen molar-refractivity contribution in [1.82, 2.24) is 14.6 Å². The van der Waals surface area contributed by atoms with Crippen LogP contribution in [0.1, 0.15) is 39.8 Å². The number of nitrogens with one attached hydrogen (secondary N) is 2. The maximum Gasteiger partial charge on any atom is 0.242 e. The molecule has 0 radical (unpaired) electrons. The van der Waals surface area contributed by atoms with Crippen LogP contribution in [0.5, 0.6) is 0 Å².